The van der Waals surface area contributed by atoms with Crippen molar-refractivity contribution >= 4 is 16.1 Å². The van der Waals surface area contributed by atoms with E-state index in [1.807, 2.05) is 6.07 Å². The van der Waals surface area contributed by atoms with Crippen LogP contribution in [0.1, 0.15) is 10.4 Å². The number of rotatable bonds is 6. The van der Waals surface area contributed by atoms with E-state index >= 15 is 0 Å². The van der Waals surface area contributed by atoms with E-state index in [2.05, 4.69) is 14.8 Å². The molecule has 0 radical (unpaired) electrons. The van der Waals surface area contributed by atoms with Crippen molar-refractivity contribution < 1.29 is 13.2 Å². The molecule has 0 saturated carbocycles. The van der Waals surface area contributed by atoms with Crippen molar-refractivity contribution in [3.63, 3.8) is 0 Å². The maximum Gasteiger partial charge on any atom is 0.276 e. The van der Waals surface area contributed by atoms with Crippen LogP contribution in [0, 0.1) is 0 Å². The Kier molecular flexibility index (Phi) is 5.08. The highest BCUT2D eigenvalue weighted by molar-refractivity contribution is 7.87. The predicted octanol–water partition coefficient (Wildman–Crippen LogP) is -0.530. The van der Waals surface area contributed by atoms with E-state index in [1.54, 1.807) is 24.3 Å². The maximum absolute atomic E-state index is 11.5. The molecule has 3 N–H and O–H groups in total. The second-order valence-corrected chi connectivity index (χ2v) is 4.93. The van der Waals surface area contributed by atoms with E-state index in [1.165, 1.54) is 7.05 Å². The Morgan fingerprint density at radius 3 is 2.41 bits per heavy atom. The summed E-state index contributed by atoms with van der Waals surface area (Å²) in [5.74, 6) is -0.228. The molecule has 6 nitrogen and oxygen atoms in total. The molecule has 1 aromatic carbocycles. The topological polar surface area (TPSA) is 87.3 Å². The maximum atomic E-state index is 11.5. The second-order valence-electron chi connectivity index (χ2n) is 3.22. The normalized spacial score (nSPS) is 11.1. The Hall–Kier alpha value is -1.44. The van der Waals surface area contributed by atoms with Crippen LogP contribution in [-0.4, -0.2) is 34.5 Å². The number of carbonyl (C=O) groups excluding carboxylic acids is 1. The zero-order chi connectivity index (χ0) is 12.7. The van der Waals surface area contributed by atoms with E-state index in [0.717, 1.165) is 0 Å². The molecular formula is C10H15N3O3S. The van der Waals surface area contributed by atoms with E-state index < -0.39 is 10.2 Å². The molecule has 0 aromatic heterocycles. The fraction of sp³-hybridized carbons (Fsp3) is 0.300. The lowest BCUT2D eigenvalue weighted by Gasteiger charge is -2.06. The van der Waals surface area contributed by atoms with Gasteiger partial charge in [0, 0.05) is 25.7 Å². The molecule has 1 amide bonds. The first-order valence-corrected chi connectivity index (χ1v) is 6.55. The Balaban J connectivity index is 2.31. The van der Waals surface area contributed by atoms with Gasteiger partial charge in [-0.2, -0.15) is 8.42 Å². The third-order valence-electron chi connectivity index (χ3n) is 2.01. The molecular weight excluding hydrogens is 242 g/mol. The molecule has 0 fully saturated rings. The van der Waals surface area contributed by atoms with Crippen LogP contribution in [0.3, 0.4) is 0 Å². The summed E-state index contributed by atoms with van der Waals surface area (Å²) in [6.45, 7) is 0.371. The number of hydrogen-bond acceptors (Lipinski definition) is 3. The predicted molar refractivity (Wildman–Crippen MR) is 64.8 cm³/mol. The first-order chi connectivity index (χ1) is 8.05. The largest absolute Gasteiger partial charge is 0.351 e. The van der Waals surface area contributed by atoms with Gasteiger partial charge in [0.2, 0.25) is 0 Å². The molecule has 7 heteroatoms. The van der Waals surface area contributed by atoms with Gasteiger partial charge in [-0.25, -0.2) is 9.44 Å². The van der Waals surface area contributed by atoms with Crippen LogP contribution in [0.2, 0.25) is 0 Å². The zero-order valence-electron chi connectivity index (χ0n) is 9.43. The summed E-state index contributed by atoms with van der Waals surface area (Å²) in [5, 5.41) is 2.60. The monoisotopic (exact) mass is 257 g/mol. The minimum atomic E-state index is -3.43. The summed E-state index contributed by atoms with van der Waals surface area (Å²) < 4.78 is 26.3. The number of benzene rings is 1. The summed E-state index contributed by atoms with van der Waals surface area (Å²) in [5.41, 5.74) is 0.545. The highest BCUT2D eigenvalue weighted by Crippen LogP contribution is 1.96. The first kappa shape index (κ1) is 13.6. The lowest BCUT2D eigenvalue weighted by atomic mass is 10.2. The van der Waals surface area contributed by atoms with Gasteiger partial charge >= 0.3 is 0 Å². The van der Waals surface area contributed by atoms with Gasteiger partial charge in [0.1, 0.15) is 0 Å². The van der Waals surface area contributed by atoms with E-state index in [-0.39, 0.29) is 19.0 Å². The van der Waals surface area contributed by atoms with Crippen molar-refractivity contribution in [2.45, 2.75) is 0 Å². The number of hydrogen-bond donors (Lipinski definition) is 3. The molecule has 0 saturated heterocycles. The summed E-state index contributed by atoms with van der Waals surface area (Å²) >= 11 is 0. The van der Waals surface area contributed by atoms with Gasteiger partial charge in [0.25, 0.3) is 16.1 Å². The molecule has 0 aliphatic carbocycles. The average molecular weight is 257 g/mol. The fourth-order valence-corrected chi connectivity index (χ4v) is 1.64. The van der Waals surface area contributed by atoms with Crippen LogP contribution >= 0.6 is 0 Å². The lowest BCUT2D eigenvalue weighted by molar-refractivity contribution is 0.0954. The van der Waals surface area contributed by atoms with Gasteiger partial charge in [-0.1, -0.05) is 18.2 Å². The molecule has 0 spiro atoms. The van der Waals surface area contributed by atoms with Crippen LogP contribution < -0.4 is 14.8 Å². The Morgan fingerprint density at radius 2 is 1.82 bits per heavy atom. The van der Waals surface area contributed by atoms with Crippen molar-refractivity contribution in [2.24, 2.45) is 0 Å². The minimum Gasteiger partial charge on any atom is -0.351 e. The summed E-state index contributed by atoms with van der Waals surface area (Å²) in [4.78, 5) is 11.5. The molecule has 0 unspecified atom stereocenters. The van der Waals surface area contributed by atoms with Gasteiger partial charge in [0.05, 0.1) is 0 Å². The Bertz CT molecular complexity index is 459. The van der Waals surface area contributed by atoms with Crippen molar-refractivity contribution in [3.8, 4) is 0 Å². The molecule has 0 aliphatic rings. The molecule has 0 heterocycles. The molecule has 1 rings (SSSR count). The van der Waals surface area contributed by atoms with Crippen molar-refractivity contribution in [2.75, 3.05) is 20.1 Å². The van der Waals surface area contributed by atoms with Gasteiger partial charge in [-0.05, 0) is 12.1 Å². The zero-order valence-corrected chi connectivity index (χ0v) is 10.3. The Morgan fingerprint density at radius 1 is 1.18 bits per heavy atom. The van der Waals surface area contributed by atoms with Gasteiger partial charge in [-0.3, -0.25) is 4.79 Å². The Labute approximate surface area is 101 Å². The highest BCUT2D eigenvalue weighted by atomic mass is 32.2. The van der Waals surface area contributed by atoms with Crippen molar-refractivity contribution in [3.05, 3.63) is 35.9 Å². The highest BCUT2D eigenvalue weighted by Gasteiger charge is 2.06. The quantitative estimate of drug-likeness (QED) is 0.599. The molecule has 1 aromatic rings. The third-order valence-corrected chi connectivity index (χ3v) is 3.13. The second kappa shape index (κ2) is 6.33. The van der Waals surface area contributed by atoms with Crippen LogP contribution in [0.15, 0.2) is 30.3 Å². The molecule has 94 valence electrons. The van der Waals surface area contributed by atoms with Gasteiger partial charge in [0.15, 0.2) is 0 Å². The molecule has 17 heavy (non-hydrogen) atoms. The molecule has 0 atom stereocenters. The van der Waals surface area contributed by atoms with Gasteiger partial charge in [-0.15, -0.1) is 0 Å². The summed E-state index contributed by atoms with van der Waals surface area (Å²) in [6.07, 6.45) is 0. The summed E-state index contributed by atoms with van der Waals surface area (Å²) in [6, 6.07) is 8.72. The van der Waals surface area contributed by atoms with E-state index in [9.17, 15) is 13.2 Å². The average Bonchev–Trinajstić information content (AvgIpc) is 2.35. The summed E-state index contributed by atoms with van der Waals surface area (Å²) in [7, 11) is -2.12. The fourth-order valence-electron chi connectivity index (χ4n) is 1.13. The van der Waals surface area contributed by atoms with Crippen molar-refractivity contribution in [1.29, 1.82) is 0 Å². The van der Waals surface area contributed by atoms with E-state index in [0.29, 0.717) is 5.56 Å². The van der Waals surface area contributed by atoms with Crippen molar-refractivity contribution in [1.82, 2.24) is 14.8 Å². The number of amides is 1. The van der Waals surface area contributed by atoms with Crippen LogP contribution in [0.5, 0.6) is 0 Å². The number of nitrogens with one attached hydrogen (secondary N) is 3. The SMILES string of the molecule is CNS(=O)(=O)NCCNC(=O)c1ccccc1. The molecule has 0 bridgehead atoms. The first-order valence-electron chi connectivity index (χ1n) is 5.06. The van der Waals surface area contributed by atoms with Crippen LogP contribution in [0.25, 0.3) is 0 Å². The lowest BCUT2D eigenvalue weighted by Crippen LogP contribution is -2.39. The number of carbonyl (C=O) groups is 1. The van der Waals surface area contributed by atoms with E-state index in [4.69, 9.17) is 0 Å². The standard InChI is InChI=1S/C10H15N3O3S/c1-11-17(15,16)13-8-7-12-10(14)9-5-3-2-4-6-9/h2-6,11,13H,7-8H2,1H3,(H,12,14). The molecule has 0 aliphatic heterocycles. The minimum absolute atomic E-state index is 0.141. The third kappa shape index (κ3) is 4.94. The van der Waals surface area contributed by atoms with Crippen LogP contribution in [0.4, 0.5) is 0 Å². The van der Waals surface area contributed by atoms with Gasteiger partial charge < -0.3 is 5.32 Å². The van der Waals surface area contributed by atoms with Crippen LogP contribution in [-0.2, 0) is 10.2 Å². The smallest absolute Gasteiger partial charge is 0.276 e.